The Hall–Kier alpha value is -2.97. The minimum atomic E-state index is -0.536. The second-order valence-electron chi connectivity index (χ2n) is 5.66. The van der Waals surface area contributed by atoms with Crippen molar-refractivity contribution in [1.82, 2.24) is 20.4 Å². The number of fused-ring (bicyclic) bond motifs is 1. The monoisotopic (exact) mass is 402 g/mol. The number of rotatable bonds is 3. The standard InChI is InChI=1S/C18H15ClN4O3S/c1-2-23-17(26)13-7-6-11(9-14(13)20-18(23)27)16(25)22-21-15(24)10-4-3-5-12(19)8-10/h3-9H,2H2,1H3,(H,20,27)(H,21,24)(H,22,25). The van der Waals surface area contributed by atoms with Gasteiger partial charge in [-0.15, -0.1) is 0 Å². The van der Waals surface area contributed by atoms with Gasteiger partial charge in [0.1, 0.15) is 0 Å². The molecule has 3 N–H and O–H groups in total. The summed E-state index contributed by atoms with van der Waals surface area (Å²) in [6, 6.07) is 10.9. The molecule has 2 amide bonds. The molecule has 3 rings (SSSR count). The van der Waals surface area contributed by atoms with Crippen molar-refractivity contribution >= 4 is 46.5 Å². The molecule has 0 unspecified atom stereocenters. The number of aromatic nitrogens is 2. The fourth-order valence-corrected chi connectivity index (χ4v) is 3.08. The van der Waals surface area contributed by atoms with Crippen LogP contribution in [-0.2, 0) is 6.54 Å². The van der Waals surface area contributed by atoms with E-state index in [0.717, 1.165) is 0 Å². The minimum absolute atomic E-state index is 0.225. The van der Waals surface area contributed by atoms with Gasteiger partial charge in [-0.05, 0) is 55.5 Å². The molecule has 0 aliphatic heterocycles. The first-order chi connectivity index (χ1) is 12.9. The molecular formula is C18H15ClN4O3S. The lowest BCUT2D eigenvalue weighted by molar-refractivity contribution is 0.0847. The van der Waals surface area contributed by atoms with Crippen LogP contribution in [-0.4, -0.2) is 21.4 Å². The largest absolute Gasteiger partial charge is 0.332 e. The molecule has 0 aliphatic rings. The number of aromatic amines is 1. The summed E-state index contributed by atoms with van der Waals surface area (Å²) in [5, 5.41) is 0.835. The summed E-state index contributed by atoms with van der Waals surface area (Å²) in [5.41, 5.74) is 5.44. The van der Waals surface area contributed by atoms with Crippen LogP contribution in [0, 0.1) is 4.77 Å². The van der Waals surface area contributed by atoms with Crippen molar-refractivity contribution in [3.63, 3.8) is 0 Å². The van der Waals surface area contributed by atoms with Gasteiger partial charge in [-0.2, -0.15) is 0 Å². The molecule has 0 bridgehead atoms. The fraction of sp³-hybridized carbons (Fsp3) is 0.111. The Balaban J connectivity index is 1.81. The third-order valence-electron chi connectivity index (χ3n) is 3.94. The maximum Gasteiger partial charge on any atom is 0.269 e. The summed E-state index contributed by atoms with van der Waals surface area (Å²) in [6.45, 7) is 2.27. The van der Waals surface area contributed by atoms with E-state index in [9.17, 15) is 14.4 Å². The lowest BCUT2D eigenvalue weighted by atomic mass is 10.1. The van der Waals surface area contributed by atoms with Gasteiger partial charge in [0.05, 0.1) is 10.9 Å². The molecule has 7 nitrogen and oxygen atoms in total. The lowest BCUT2D eigenvalue weighted by Gasteiger charge is -2.09. The Bertz CT molecular complexity index is 1170. The highest BCUT2D eigenvalue weighted by molar-refractivity contribution is 7.71. The summed E-state index contributed by atoms with van der Waals surface area (Å²) in [5.74, 6) is -1.04. The van der Waals surface area contributed by atoms with Crippen molar-refractivity contribution in [2.45, 2.75) is 13.5 Å². The Kier molecular flexibility index (Phi) is 5.38. The summed E-state index contributed by atoms with van der Waals surface area (Å²) >= 11 is 11.0. The SMILES string of the molecule is CCn1c(=S)[nH]c2cc(C(=O)NNC(=O)c3cccc(Cl)c3)ccc2c1=O. The van der Waals surface area contributed by atoms with Crippen molar-refractivity contribution in [2.75, 3.05) is 0 Å². The Morgan fingerprint density at radius 2 is 1.78 bits per heavy atom. The molecular weight excluding hydrogens is 388 g/mol. The first kappa shape index (κ1) is 18.8. The molecule has 1 heterocycles. The predicted molar refractivity (Wildman–Crippen MR) is 105 cm³/mol. The first-order valence-electron chi connectivity index (χ1n) is 8.04. The molecule has 0 saturated carbocycles. The molecule has 0 aliphatic carbocycles. The zero-order valence-corrected chi connectivity index (χ0v) is 15.8. The van der Waals surface area contributed by atoms with Gasteiger partial charge in [-0.25, -0.2) is 0 Å². The highest BCUT2D eigenvalue weighted by atomic mass is 35.5. The van der Waals surface area contributed by atoms with Gasteiger partial charge in [0.25, 0.3) is 17.4 Å². The number of hydrogen-bond donors (Lipinski definition) is 3. The number of hydrogen-bond acceptors (Lipinski definition) is 4. The molecule has 138 valence electrons. The highest BCUT2D eigenvalue weighted by Gasteiger charge is 2.12. The van der Waals surface area contributed by atoms with E-state index in [1.165, 1.54) is 22.8 Å². The Morgan fingerprint density at radius 1 is 1.11 bits per heavy atom. The lowest BCUT2D eigenvalue weighted by Crippen LogP contribution is -2.41. The van der Waals surface area contributed by atoms with Crippen LogP contribution in [0.15, 0.2) is 47.3 Å². The van der Waals surface area contributed by atoms with Crippen molar-refractivity contribution in [3.8, 4) is 0 Å². The van der Waals surface area contributed by atoms with Crippen molar-refractivity contribution in [1.29, 1.82) is 0 Å². The molecule has 0 spiro atoms. The van der Waals surface area contributed by atoms with Crippen LogP contribution in [0.4, 0.5) is 0 Å². The van der Waals surface area contributed by atoms with Crippen molar-refractivity contribution in [3.05, 3.63) is 73.7 Å². The number of carbonyl (C=O) groups is 2. The molecule has 0 atom stereocenters. The van der Waals surface area contributed by atoms with E-state index in [1.54, 1.807) is 24.3 Å². The van der Waals surface area contributed by atoms with Gasteiger partial charge in [0, 0.05) is 22.7 Å². The fourth-order valence-electron chi connectivity index (χ4n) is 2.57. The van der Waals surface area contributed by atoms with Gasteiger partial charge < -0.3 is 4.98 Å². The molecule has 2 aromatic carbocycles. The number of carbonyl (C=O) groups excluding carboxylic acids is 2. The van der Waals surface area contributed by atoms with Crippen molar-refractivity contribution in [2.24, 2.45) is 0 Å². The maximum absolute atomic E-state index is 12.4. The number of hydrazine groups is 1. The normalized spacial score (nSPS) is 10.6. The van der Waals surface area contributed by atoms with E-state index in [0.29, 0.717) is 28.0 Å². The van der Waals surface area contributed by atoms with Gasteiger partial charge in [0.15, 0.2) is 4.77 Å². The summed E-state index contributed by atoms with van der Waals surface area (Å²) in [4.78, 5) is 39.7. The summed E-state index contributed by atoms with van der Waals surface area (Å²) < 4.78 is 1.71. The third kappa shape index (κ3) is 3.91. The molecule has 3 aromatic rings. The highest BCUT2D eigenvalue weighted by Crippen LogP contribution is 2.12. The first-order valence-corrected chi connectivity index (χ1v) is 8.82. The van der Waals surface area contributed by atoms with Crippen LogP contribution >= 0.6 is 23.8 Å². The number of nitrogens with one attached hydrogen (secondary N) is 3. The van der Waals surface area contributed by atoms with E-state index in [2.05, 4.69) is 15.8 Å². The average Bonchev–Trinajstić information content (AvgIpc) is 2.65. The van der Waals surface area contributed by atoms with Crippen LogP contribution in [0.1, 0.15) is 27.6 Å². The number of benzene rings is 2. The van der Waals surface area contributed by atoms with E-state index < -0.39 is 11.8 Å². The minimum Gasteiger partial charge on any atom is -0.332 e. The smallest absolute Gasteiger partial charge is 0.269 e. The third-order valence-corrected chi connectivity index (χ3v) is 4.49. The second-order valence-corrected chi connectivity index (χ2v) is 6.48. The van der Waals surface area contributed by atoms with Crippen LogP contribution in [0.25, 0.3) is 10.9 Å². The van der Waals surface area contributed by atoms with E-state index >= 15 is 0 Å². The van der Waals surface area contributed by atoms with Crippen LogP contribution < -0.4 is 16.4 Å². The summed E-state index contributed by atoms with van der Waals surface area (Å²) in [7, 11) is 0. The van der Waals surface area contributed by atoms with Gasteiger partial charge in [-0.1, -0.05) is 17.7 Å². The summed E-state index contributed by atoms with van der Waals surface area (Å²) in [6.07, 6.45) is 0. The van der Waals surface area contributed by atoms with Gasteiger partial charge >= 0.3 is 0 Å². The molecule has 1 aromatic heterocycles. The molecule has 0 saturated heterocycles. The van der Waals surface area contributed by atoms with E-state index in [-0.39, 0.29) is 15.9 Å². The number of halogens is 1. The predicted octanol–water partition coefficient (Wildman–Crippen LogP) is 2.81. The zero-order valence-electron chi connectivity index (χ0n) is 14.2. The van der Waals surface area contributed by atoms with Crippen LogP contribution in [0.2, 0.25) is 5.02 Å². The molecule has 0 radical (unpaired) electrons. The Morgan fingerprint density at radius 3 is 2.41 bits per heavy atom. The molecule has 9 heteroatoms. The quantitative estimate of drug-likeness (QED) is 0.463. The number of amides is 2. The van der Waals surface area contributed by atoms with Crippen LogP contribution in [0.3, 0.4) is 0 Å². The number of nitrogens with zero attached hydrogens (tertiary/aromatic N) is 1. The van der Waals surface area contributed by atoms with Crippen molar-refractivity contribution < 1.29 is 9.59 Å². The van der Waals surface area contributed by atoms with Crippen LogP contribution in [0.5, 0.6) is 0 Å². The Labute approximate surface area is 163 Å². The molecule has 0 fully saturated rings. The zero-order chi connectivity index (χ0) is 19.6. The average molecular weight is 403 g/mol. The van der Waals surface area contributed by atoms with E-state index in [1.807, 2.05) is 6.92 Å². The van der Waals surface area contributed by atoms with E-state index in [4.69, 9.17) is 23.8 Å². The van der Waals surface area contributed by atoms with Gasteiger partial charge in [0.2, 0.25) is 0 Å². The second kappa shape index (κ2) is 7.73. The number of H-pyrrole nitrogens is 1. The molecule has 27 heavy (non-hydrogen) atoms. The maximum atomic E-state index is 12.4. The van der Waals surface area contributed by atoms with Gasteiger partial charge in [-0.3, -0.25) is 29.8 Å². The topological polar surface area (TPSA) is 96.0 Å².